The number of aromatic amines is 1. The Bertz CT molecular complexity index is 454. The first kappa shape index (κ1) is 11.4. The average Bonchev–Trinajstić information content (AvgIpc) is 2.76. The predicted octanol–water partition coefficient (Wildman–Crippen LogP) is 2.21. The van der Waals surface area contributed by atoms with Crippen molar-refractivity contribution in [3.63, 3.8) is 0 Å². The number of hydrogen-bond donors (Lipinski definition) is 2. The highest BCUT2D eigenvalue weighted by molar-refractivity contribution is 7.98. The van der Waals surface area contributed by atoms with E-state index in [0.29, 0.717) is 12.4 Å². The quantitative estimate of drug-likeness (QED) is 0.821. The molecule has 0 radical (unpaired) electrons. The van der Waals surface area contributed by atoms with Crippen LogP contribution in [0, 0.1) is 0 Å². The molecule has 84 valence electrons. The third-order valence-corrected chi connectivity index (χ3v) is 3.23. The molecule has 0 saturated heterocycles. The van der Waals surface area contributed by atoms with Crippen molar-refractivity contribution in [2.75, 3.05) is 0 Å². The van der Waals surface area contributed by atoms with Gasteiger partial charge in [-0.15, -0.1) is 11.8 Å². The standard InChI is InChI=1S/C10H11ClN4S/c11-7-1-3-8(4-2-7)16-6-10-13-9(5-12)14-15-10/h1-4H,5-6,12H2,(H,13,14,15). The lowest BCUT2D eigenvalue weighted by Crippen LogP contribution is -1.98. The smallest absolute Gasteiger partial charge is 0.164 e. The Morgan fingerprint density at radius 3 is 2.69 bits per heavy atom. The minimum absolute atomic E-state index is 0.363. The zero-order chi connectivity index (χ0) is 11.4. The van der Waals surface area contributed by atoms with E-state index in [1.807, 2.05) is 24.3 Å². The van der Waals surface area contributed by atoms with Crippen LogP contribution in [0.15, 0.2) is 29.2 Å². The summed E-state index contributed by atoms with van der Waals surface area (Å²) in [7, 11) is 0. The summed E-state index contributed by atoms with van der Waals surface area (Å²) in [5.74, 6) is 2.22. The van der Waals surface area contributed by atoms with Crippen LogP contribution in [-0.4, -0.2) is 15.2 Å². The van der Waals surface area contributed by atoms with Crippen LogP contribution < -0.4 is 5.73 Å². The van der Waals surface area contributed by atoms with E-state index in [0.717, 1.165) is 21.5 Å². The molecule has 16 heavy (non-hydrogen) atoms. The van der Waals surface area contributed by atoms with Crippen LogP contribution in [0.3, 0.4) is 0 Å². The molecule has 0 fully saturated rings. The van der Waals surface area contributed by atoms with Gasteiger partial charge in [0.2, 0.25) is 0 Å². The molecule has 0 saturated carbocycles. The number of hydrogen-bond acceptors (Lipinski definition) is 4. The molecule has 0 aliphatic carbocycles. The van der Waals surface area contributed by atoms with E-state index in [4.69, 9.17) is 17.3 Å². The Balaban J connectivity index is 1.94. The third-order valence-electron chi connectivity index (χ3n) is 1.95. The fourth-order valence-electron chi connectivity index (χ4n) is 1.17. The number of halogens is 1. The predicted molar refractivity (Wildman–Crippen MR) is 65.3 cm³/mol. The number of thioether (sulfide) groups is 1. The molecule has 1 aromatic heterocycles. The largest absolute Gasteiger partial charge is 0.324 e. The van der Waals surface area contributed by atoms with Crippen LogP contribution in [0.2, 0.25) is 5.02 Å². The number of nitrogens with zero attached hydrogens (tertiary/aromatic N) is 2. The molecule has 1 aromatic carbocycles. The van der Waals surface area contributed by atoms with Gasteiger partial charge in [-0.05, 0) is 24.3 Å². The Kier molecular flexibility index (Phi) is 3.82. The van der Waals surface area contributed by atoms with Crippen molar-refractivity contribution in [2.24, 2.45) is 5.73 Å². The SMILES string of the molecule is NCc1n[nH]c(CSc2ccc(Cl)cc2)n1. The molecular formula is C10H11ClN4S. The summed E-state index contributed by atoms with van der Waals surface area (Å²) in [5, 5.41) is 7.56. The fraction of sp³-hybridized carbons (Fsp3) is 0.200. The highest BCUT2D eigenvalue weighted by Gasteiger charge is 2.02. The fourth-order valence-corrected chi connectivity index (χ4v) is 2.06. The van der Waals surface area contributed by atoms with Gasteiger partial charge in [-0.25, -0.2) is 4.98 Å². The molecule has 2 rings (SSSR count). The minimum Gasteiger partial charge on any atom is -0.324 e. The van der Waals surface area contributed by atoms with Crippen molar-refractivity contribution in [3.8, 4) is 0 Å². The summed E-state index contributed by atoms with van der Waals surface area (Å²) in [4.78, 5) is 5.37. The molecule has 0 aliphatic rings. The molecule has 0 bridgehead atoms. The summed E-state index contributed by atoms with van der Waals surface area (Å²) < 4.78 is 0. The maximum atomic E-state index is 5.80. The topological polar surface area (TPSA) is 67.6 Å². The maximum Gasteiger partial charge on any atom is 0.164 e. The van der Waals surface area contributed by atoms with Crippen molar-refractivity contribution < 1.29 is 0 Å². The zero-order valence-corrected chi connectivity index (χ0v) is 10.1. The molecule has 0 unspecified atom stereocenters. The Hall–Kier alpha value is -1.04. The number of nitrogens with two attached hydrogens (primary N) is 1. The number of nitrogens with one attached hydrogen (secondary N) is 1. The van der Waals surface area contributed by atoms with E-state index in [2.05, 4.69) is 15.2 Å². The number of benzene rings is 1. The van der Waals surface area contributed by atoms with E-state index < -0.39 is 0 Å². The molecule has 1 heterocycles. The molecule has 2 aromatic rings. The van der Waals surface area contributed by atoms with E-state index in [-0.39, 0.29) is 0 Å². The third kappa shape index (κ3) is 2.98. The van der Waals surface area contributed by atoms with Crippen molar-refractivity contribution in [1.29, 1.82) is 0 Å². The normalized spacial score (nSPS) is 10.6. The second-order valence-electron chi connectivity index (χ2n) is 3.15. The van der Waals surface area contributed by atoms with Crippen molar-refractivity contribution in [1.82, 2.24) is 15.2 Å². The van der Waals surface area contributed by atoms with Crippen molar-refractivity contribution in [3.05, 3.63) is 40.9 Å². The Labute approximate surface area is 103 Å². The maximum absolute atomic E-state index is 5.80. The van der Waals surface area contributed by atoms with Crippen LogP contribution >= 0.6 is 23.4 Å². The van der Waals surface area contributed by atoms with Crippen molar-refractivity contribution >= 4 is 23.4 Å². The molecule has 0 amide bonds. The lowest BCUT2D eigenvalue weighted by atomic mass is 10.4. The molecule has 0 spiro atoms. The van der Waals surface area contributed by atoms with Gasteiger partial charge in [0.1, 0.15) is 5.82 Å². The van der Waals surface area contributed by atoms with E-state index in [1.54, 1.807) is 11.8 Å². The van der Waals surface area contributed by atoms with Crippen molar-refractivity contribution in [2.45, 2.75) is 17.2 Å². The number of H-pyrrole nitrogens is 1. The van der Waals surface area contributed by atoms with E-state index >= 15 is 0 Å². The van der Waals surface area contributed by atoms with E-state index in [9.17, 15) is 0 Å². The van der Waals surface area contributed by atoms with Gasteiger partial charge in [-0.3, -0.25) is 5.10 Å². The second kappa shape index (κ2) is 5.34. The van der Waals surface area contributed by atoms with E-state index in [1.165, 1.54) is 0 Å². The lowest BCUT2D eigenvalue weighted by Gasteiger charge is -1.98. The molecule has 0 aliphatic heterocycles. The van der Waals surface area contributed by atoms with Gasteiger partial charge < -0.3 is 5.73 Å². The molecule has 0 atom stereocenters. The van der Waals surface area contributed by atoms with Gasteiger partial charge in [0.05, 0.1) is 12.3 Å². The first-order valence-electron chi connectivity index (χ1n) is 4.76. The van der Waals surface area contributed by atoms with Crippen LogP contribution in [0.4, 0.5) is 0 Å². The van der Waals surface area contributed by atoms with Gasteiger partial charge in [-0.1, -0.05) is 11.6 Å². The van der Waals surface area contributed by atoms with Crippen LogP contribution in [0.25, 0.3) is 0 Å². The Morgan fingerprint density at radius 1 is 1.31 bits per heavy atom. The highest BCUT2D eigenvalue weighted by atomic mass is 35.5. The van der Waals surface area contributed by atoms with Crippen LogP contribution in [0.5, 0.6) is 0 Å². The highest BCUT2D eigenvalue weighted by Crippen LogP contribution is 2.22. The van der Waals surface area contributed by atoms with Gasteiger partial charge in [0.25, 0.3) is 0 Å². The van der Waals surface area contributed by atoms with Gasteiger partial charge in [0, 0.05) is 9.92 Å². The molecule has 4 nitrogen and oxygen atoms in total. The Morgan fingerprint density at radius 2 is 2.06 bits per heavy atom. The monoisotopic (exact) mass is 254 g/mol. The first-order chi connectivity index (χ1) is 7.78. The molecule has 6 heteroatoms. The van der Waals surface area contributed by atoms with Gasteiger partial charge in [0.15, 0.2) is 5.82 Å². The van der Waals surface area contributed by atoms with Gasteiger partial charge in [-0.2, -0.15) is 5.10 Å². The number of aromatic nitrogens is 3. The summed E-state index contributed by atoms with van der Waals surface area (Å²) in [6.07, 6.45) is 0. The number of rotatable bonds is 4. The summed E-state index contributed by atoms with van der Waals surface area (Å²) in [6.45, 7) is 0.363. The van der Waals surface area contributed by atoms with Crippen LogP contribution in [-0.2, 0) is 12.3 Å². The second-order valence-corrected chi connectivity index (χ2v) is 4.63. The summed E-state index contributed by atoms with van der Waals surface area (Å²) >= 11 is 7.47. The van der Waals surface area contributed by atoms with Gasteiger partial charge >= 0.3 is 0 Å². The zero-order valence-electron chi connectivity index (χ0n) is 8.48. The molecular weight excluding hydrogens is 244 g/mol. The first-order valence-corrected chi connectivity index (χ1v) is 6.13. The average molecular weight is 255 g/mol. The lowest BCUT2D eigenvalue weighted by molar-refractivity contribution is 0.916. The summed E-state index contributed by atoms with van der Waals surface area (Å²) in [6, 6.07) is 7.70. The van der Waals surface area contributed by atoms with Crippen LogP contribution in [0.1, 0.15) is 11.6 Å². The summed E-state index contributed by atoms with van der Waals surface area (Å²) in [5.41, 5.74) is 5.42. The molecule has 3 N–H and O–H groups in total. The minimum atomic E-state index is 0.363.